The summed E-state index contributed by atoms with van der Waals surface area (Å²) in [5.74, 6) is 0.217. The Morgan fingerprint density at radius 3 is 2.62 bits per heavy atom. The van der Waals surface area contributed by atoms with Crippen molar-refractivity contribution >= 4 is 23.2 Å². The van der Waals surface area contributed by atoms with Gasteiger partial charge in [0.15, 0.2) is 11.8 Å². The van der Waals surface area contributed by atoms with Crippen molar-refractivity contribution in [3.63, 3.8) is 0 Å². The molecule has 0 aliphatic carbocycles. The topological polar surface area (TPSA) is 119 Å². The largest absolute Gasteiger partial charge is 0.495 e. The molecule has 154 valence electrons. The maximum absolute atomic E-state index is 12.7. The normalized spacial score (nSPS) is 15.6. The Balaban J connectivity index is 1.61. The number of benzene rings is 1. The molecule has 1 aromatic carbocycles. The summed E-state index contributed by atoms with van der Waals surface area (Å²) < 4.78 is 10.3. The van der Waals surface area contributed by atoms with Gasteiger partial charge >= 0.3 is 0 Å². The van der Waals surface area contributed by atoms with Crippen molar-refractivity contribution in [2.75, 3.05) is 38.6 Å². The number of anilines is 1. The molecule has 1 fully saturated rings. The van der Waals surface area contributed by atoms with Crippen LogP contribution in [0.25, 0.3) is 0 Å². The lowest BCUT2D eigenvalue weighted by Gasteiger charge is -2.34. The number of non-ortho nitro benzene ring substituents is 1. The van der Waals surface area contributed by atoms with Crippen molar-refractivity contribution in [1.29, 1.82) is 0 Å². The monoisotopic (exact) mass is 403 g/mol. The molecule has 2 heterocycles. The first-order valence-corrected chi connectivity index (χ1v) is 9.21. The molecule has 0 saturated carbocycles. The summed E-state index contributed by atoms with van der Waals surface area (Å²) in [7, 11) is 1.43. The number of quaternary nitrogens is 1. The molecule has 2 N–H and O–H groups in total. The minimum absolute atomic E-state index is 0.133. The van der Waals surface area contributed by atoms with Crippen molar-refractivity contribution in [2.24, 2.45) is 0 Å². The Kier molecular flexibility index (Phi) is 6.13. The molecule has 1 atom stereocenters. The van der Waals surface area contributed by atoms with Crippen LogP contribution in [0.2, 0.25) is 0 Å². The van der Waals surface area contributed by atoms with E-state index in [0.717, 1.165) is 4.90 Å². The number of nitro groups is 1. The predicted molar refractivity (Wildman–Crippen MR) is 103 cm³/mol. The highest BCUT2D eigenvalue weighted by Crippen LogP contribution is 2.28. The maximum atomic E-state index is 12.7. The average Bonchev–Trinajstić information content (AvgIpc) is 3.27. The molecule has 2 amide bonds. The van der Waals surface area contributed by atoms with Gasteiger partial charge in [0.05, 0.1) is 50.2 Å². The molecule has 1 aromatic heterocycles. The van der Waals surface area contributed by atoms with Crippen LogP contribution in [0, 0.1) is 10.1 Å². The summed E-state index contributed by atoms with van der Waals surface area (Å²) in [5.41, 5.74) is 0.121. The molecule has 10 nitrogen and oxygen atoms in total. The van der Waals surface area contributed by atoms with Crippen LogP contribution < -0.4 is 15.0 Å². The summed E-state index contributed by atoms with van der Waals surface area (Å²) >= 11 is 0. The third-order valence-corrected chi connectivity index (χ3v) is 5.08. The molecule has 2 aromatic rings. The molecule has 10 heteroatoms. The number of nitrogens with zero attached hydrogens (tertiary/aromatic N) is 2. The quantitative estimate of drug-likeness (QED) is 0.537. The van der Waals surface area contributed by atoms with Crippen molar-refractivity contribution in [3.8, 4) is 5.75 Å². The zero-order valence-electron chi connectivity index (χ0n) is 16.2. The number of furan rings is 1. The van der Waals surface area contributed by atoms with E-state index in [9.17, 15) is 19.7 Å². The number of hydrogen-bond acceptors (Lipinski definition) is 6. The Bertz CT molecular complexity index is 890. The minimum Gasteiger partial charge on any atom is -0.495 e. The number of ether oxygens (including phenoxy) is 1. The number of carbonyl (C=O) groups is 2. The Morgan fingerprint density at radius 2 is 2.03 bits per heavy atom. The molecule has 0 unspecified atom stereocenters. The van der Waals surface area contributed by atoms with E-state index in [1.165, 1.54) is 31.6 Å². The van der Waals surface area contributed by atoms with Crippen molar-refractivity contribution in [3.05, 3.63) is 52.5 Å². The van der Waals surface area contributed by atoms with Crippen LogP contribution in [-0.4, -0.2) is 61.0 Å². The second-order valence-electron chi connectivity index (χ2n) is 6.78. The number of methoxy groups -OCH3 is 1. The third-order valence-electron chi connectivity index (χ3n) is 5.08. The lowest BCUT2D eigenvalue weighted by molar-refractivity contribution is -0.917. The Hall–Kier alpha value is -3.40. The van der Waals surface area contributed by atoms with Crippen LogP contribution in [0.1, 0.15) is 17.5 Å². The van der Waals surface area contributed by atoms with E-state index in [4.69, 9.17) is 9.15 Å². The standard InChI is InChI=1S/C19H22N4O6/c1-13(18(24)20-15-12-14(23(26)27)5-6-16(15)28-2)21-7-9-22(10-8-21)19(25)17-4-3-11-29-17/h3-6,11-13H,7-10H2,1-2H3,(H,20,24)/p+1/t13-/m1/s1. The van der Waals surface area contributed by atoms with Crippen LogP contribution in [0.5, 0.6) is 5.75 Å². The number of nitro benzene ring substituents is 1. The number of carbonyl (C=O) groups excluding carboxylic acids is 2. The number of amides is 2. The summed E-state index contributed by atoms with van der Waals surface area (Å²) in [5, 5.41) is 13.7. The molecule has 1 saturated heterocycles. The van der Waals surface area contributed by atoms with Crippen molar-refractivity contribution < 1.29 is 28.6 Å². The summed E-state index contributed by atoms with van der Waals surface area (Å²) in [6, 6.07) is 6.94. The number of nitrogens with one attached hydrogen (secondary N) is 2. The van der Waals surface area contributed by atoms with Gasteiger partial charge in [-0.2, -0.15) is 0 Å². The van der Waals surface area contributed by atoms with Gasteiger partial charge in [-0.05, 0) is 25.1 Å². The average molecular weight is 403 g/mol. The molecule has 0 spiro atoms. The number of hydrogen-bond donors (Lipinski definition) is 2. The summed E-state index contributed by atoms with van der Waals surface area (Å²) in [6.07, 6.45) is 1.46. The predicted octanol–water partition coefficient (Wildman–Crippen LogP) is 0.564. The van der Waals surface area contributed by atoms with E-state index in [1.54, 1.807) is 24.0 Å². The highest BCUT2D eigenvalue weighted by Gasteiger charge is 2.32. The SMILES string of the molecule is COc1ccc([N+](=O)[O-])cc1NC(=O)[C@@H](C)[NH+]1CCN(C(=O)c2ccco2)CC1. The first kappa shape index (κ1) is 20.3. The van der Waals surface area contributed by atoms with E-state index < -0.39 is 11.0 Å². The Labute approximate surface area is 167 Å². The second kappa shape index (κ2) is 8.74. The van der Waals surface area contributed by atoms with Gasteiger partial charge in [-0.25, -0.2) is 0 Å². The van der Waals surface area contributed by atoms with Crippen LogP contribution >= 0.6 is 0 Å². The maximum Gasteiger partial charge on any atom is 0.289 e. The van der Waals surface area contributed by atoms with Gasteiger partial charge in [-0.1, -0.05) is 0 Å². The van der Waals surface area contributed by atoms with E-state index in [2.05, 4.69) is 5.32 Å². The molecule has 0 bridgehead atoms. The van der Waals surface area contributed by atoms with Gasteiger partial charge in [0.25, 0.3) is 17.5 Å². The van der Waals surface area contributed by atoms with Crippen LogP contribution in [0.4, 0.5) is 11.4 Å². The first-order chi connectivity index (χ1) is 13.9. The molecule has 1 aliphatic rings. The van der Waals surface area contributed by atoms with Gasteiger partial charge < -0.3 is 24.3 Å². The smallest absolute Gasteiger partial charge is 0.289 e. The fraction of sp³-hybridized carbons (Fsp3) is 0.368. The third kappa shape index (κ3) is 4.54. The van der Waals surface area contributed by atoms with Gasteiger partial charge in [-0.3, -0.25) is 19.7 Å². The lowest BCUT2D eigenvalue weighted by atomic mass is 10.2. The van der Waals surface area contributed by atoms with Crippen LogP contribution in [0.3, 0.4) is 0 Å². The van der Waals surface area contributed by atoms with E-state index in [0.29, 0.717) is 37.7 Å². The molecular formula is C19H23N4O6+. The number of piperazine rings is 1. The molecular weight excluding hydrogens is 380 g/mol. The van der Waals surface area contributed by atoms with Gasteiger partial charge in [-0.15, -0.1) is 0 Å². The Morgan fingerprint density at radius 1 is 1.31 bits per heavy atom. The van der Waals surface area contributed by atoms with E-state index in [-0.39, 0.29) is 23.2 Å². The molecule has 0 radical (unpaired) electrons. The van der Waals surface area contributed by atoms with Crippen molar-refractivity contribution in [1.82, 2.24) is 4.90 Å². The number of rotatable bonds is 6. The first-order valence-electron chi connectivity index (χ1n) is 9.21. The zero-order chi connectivity index (χ0) is 21.0. The second-order valence-corrected chi connectivity index (χ2v) is 6.78. The van der Waals surface area contributed by atoms with E-state index in [1.807, 2.05) is 0 Å². The highest BCUT2D eigenvalue weighted by atomic mass is 16.6. The van der Waals surface area contributed by atoms with Crippen molar-refractivity contribution in [2.45, 2.75) is 13.0 Å². The van der Waals surface area contributed by atoms with Gasteiger partial charge in [0.1, 0.15) is 5.75 Å². The fourth-order valence-electron chi connectivity index (χ4n) is 3.32. The minimum atomic E-state index is -0.529. The molecule has 3 rings (SSSR count). The van der Waals surface area contributed by atoms with Gasteiger partial charge in [0, 0.05) is 12.1 Å². The van der Waals surface area contributed by atoms with E-state index >= 15 is 0 Å². The van der Waals surface area contributed by atoms with Crippen LogP contribution in [0.15, 0.2) is 41.0 Å². The van der Waals surface area contributed by atoms with Crippen LogP contribution in [-0.2, 0) is 4.79 Å². The highest BCUT2D eigenvalue weighted by molar-refractivity contribution is 5.95. The fourth-order valence-corrected chi connectivity index (χ4v) is 3.32. The van der Waals surface area contributed by atoms with Gasteiger partial charge in [0.2, 0.25) is 0 Å². The molecule has 1 aliphatic heterocycles. The molecule has 29 heavy (non-hydrogen) atoms. The zero-order valence-corrected chi connectivity index (χ0v) is 16.2. The summed E-state index contributed by atoms with van der Waals surface area (Å²) in [6.45, 7) is 4.01. The summed E-state index contributed by atoms with van der Waals surface area (Å²) in [4.78, 5) is 38.3. The lowest BCUT2D eigenvalue weighted by Crippen LogP contribution is -3.19.